The van der Waals surface area contributed by atoms with Crippen LogP contribution >= 0.6 is 0 Å². The van der Waals surface area contributed by atoms with Crippen LogP contribution in [-0.2, 0) is 4.79 Å². The number of aliphatic hydroxyl groups is 1. The molecule has 0 aromatic heterocycles. The fourth-order valence-corrected chi connectivity index (χ4v) is 3.73. The van der Waals surface area contributed by atoms with Crippen molar-refractivity contribution >= 4 is 11.7 Å². The van der Waals surface area contributed by atoms with E-state index in [4.69, 9.17) is 0 Å². The normalized spacial score (nSPS) is 27.0. The Balaban J connectivity index is 2.05. The van der Waals surface area contributed by atoms with Gasteiger partial charge in [-0.2, -0.15) is 0 Å². The smallest absolute Gasteiger partial charge is 0.252 e. The van der Waals surface area contributed by atoms with Crippen molar-refractivity contribution in [2.24, 2.45) is 17.8 Å². The van der Waals surface area contributed by atoms with Crippen molar-refractivity contribution in [3.8, 4) is 5.75 Å². The van der Waals surface area contributed by atoms with E-state index in [9.17, 15) is 19.8 Å². The number of amides is 1. The molecule has 0 heterocycles. The van der Waals surface area contributed by atoms with Crippen LogP contribution in [0.4, 0.5) is 0 Å². The van der Waals surface area contributed by atoms with Gasteiger partial charge in [0, 0.05) is 5.56 Å². The van der Waals surface area contributed by atoms with Gasteiger partial charge in [0.25, 0.3) is 5.91 Å². The number of rotatable bonds is 5. The minimum atomic E-state index is -1.43. The van der Waals surface area contributed by atoms with Crippen molar-refractivity contribution in [3.05, 3.63) is 29.8 Å². The maximum Gasteiger partial charge on any atom is 0.252 e. The quantitative estimate of drug-likeness (QED) is 0.723. The molecule has 1 aliphatic rings. The van der Waals surface area contributed by atoms with Gasteiger partial charge >= 0.3 is 0 Å². The molecule has 0 spiro atoms. The molecule has 5 heteroatoms. The van der Waals surface area contributed by atoms with Crippen molar-refractivity contribution in [1.82, 2.24) is 5.32 Å². The number of hydrogen-bond donors (Lipinski definition) is 3. The number of benzene rings is 1. The van der Waals surface area contributed by atoms with Crippen LogP contribution in [0.15, 0.2) is 24.3 Å². The highest BCUT2D eigenvalue weighted by atomic mass is 16.3. The average molecular weight is 333 g/mol. The largest absolute Gasteiger partial charge is 0.508 e. The van der Waals surface area contributed by atoms with Crippen molar-refractivity contribution in [2.75, 3.05) is 6.54 Å². The molecular formula is C19H27NO4. The molecule has 24 heavy (non-hydrogen) atoms. The maximum atomic E-state index is 12.6. The molecular weight excluding hydrogens is 306 g/mol. The Hall–Kier alpha value is -1.88. The molecule has 132 valence electrons. The van der Waals surface area contributed by atoms with Crippen molar-refractivity contribution in [3.63, 3.8) is 0 Å². The zero-order valence-corrected chi connectivity index (χ0v) is 14.6. The molecule has 1 amide bonds. The Morgan fingerprint density at radius 2 is 2.04 bits per heavy atom. The average Bonchev–Trinajstić information content (AvgIpc) is 2.51. The Morgan fingerprint density at radius 3 is 2.67 bits per heavy atom. The molecule has 0 aliphatic heterocycles. The first-order valence-corrected chi connectivity index (χ1v) is 8.57. The lowest BCUT2D eigenvalue weighted by Gasteiger charge is -2.43. The van der Waals surface area contributed by atoms with Gasteiger partial charge in [-0.1, -0.05) is 39.3 Å². The first-order valence-electron chi connectivity index (χ1n) is 8.57. The molecule has 2 unspecified atom stereocenters. The maximum absolute atomic E-state index is 12.6. The predicted octanol–water partition coefficient (Wildman–Crippen LogP) is 2.51. The van der Waals surface area contributed by atoms with Gasteiger partial charge in [-0.25, -0.2) is 0 Å². The number of carbonyl (C=O) groups is 2. The van der Waals surface area contributed by atoms with Gasteiger partial charge in [-0.15, -0.1) is 0 Å². The molecule has 0 radical (unpaired) electrons. The van der Waals surface area contributed by atoms with Crippen LogP contribution in [-0.4, -0.2) is 34.0 Å². The first kappa shape index (κ1) is 18.5. The molecule has 1 aromatic carbocycles. The minimum absolute atomic E-state index is 0.00628. The molecule has 2 rings (SSSR count). The van der Waals surface area contributed by atoms with Gasteiger partial charge in [0.15, 0.2) is 5.78 Å². The molecule has 1 aliphatic carbocycles. The second kappa shape index (κ2) is 7.34. The van der Waals surface area contributed by atoms with E-state index in [-0.39, 0.29) is 35.8 Å². The number of phenols is 1. The summed E-state index contributed by atoms with van der Waals surface area (Å²) in [5.74, 6) is -0.405. The van der Waals surface area contributed by atoms with Crippen LogP contribution in [0.1, 0.15) is 50.4 Å². The van der Waals surface area contributed by atoms with E-state index in [1.807, 2.05) is 20.8 Å². The highest BCUT2D eigenvalue weighted by molar-refractivity contribution is 6.00. The number of hydrogen-bond acceptors (Lipinski definition) is 4. The third-order valence-corrected chi connectivity index (χ3v) is 5.02. The van der Waals surface area contributed by atoms with Crippen LogP contribution in [0.3, 0.4) is 0 Å². The number of ketones is 1. The third kappa shape index (κ3) is 3.96. The Kier molecular flexibility index (Phi) is 5.65. The fourth-order valence-electron chi connectivity index (χ4n) is 3.73. The summed E-state index contributed by atoms with van der Waals surface area (Å²) in [4.78, 5) is 24.8. The Morgan fingerprint density at radius 1 is 1.33 bits per heavy atom. The van der Waals surface area contributed by atoms with E-state index in [1.165, 1.54) is 12.1 Å². The van der Waals surface area contributed by atoms with E-state index in [1.54, 1.807) is 12.1 Å². The highest BCUT2D eigenvalue weighted by Crippen LogP contribution is 2.41. The summed E-state index contributed by atoms with van der Waals surface area (Å²) in [5.41, 5.74) is -1.09. The summed E-state index contributed by atoms with van der Waals surface area (Å²) >= 11 is 0. The van der Waals surface area contributed by atoms with E-state index >= 15 is 0 Å². The number of Topliss-reactive ketones (excluding diaryl/α,β-unsaturated/α-hetero) is 1. The lowest BCUT2D eigenvalue weighted by molar-refractivity contribution is -0.155. The standard InChI is InChI=1S/C19H27NO4/c1-12(2)16-8-7-13(3)10-19(16,24)18(23)20-11-17(22)14-5-4-6-15(21)9-14/h4-6,9,12-13,16,21,24H,7-8,10-11H2,1-3H3,(H,20,23)/t13?,16?,19-/m1/s1. The fraction of sp³-hybridized carbons (Fsp3) is 0.579. The van der Waals surface area contributed by atoms with Crippen LogP contribution < -0.4 is 5.32 Å². The molecule has 1 fully saturated rings. The summed E-state index contributed by atoms with van der Waals surface area (Å²) < 4.78 is 0. The van der Waals surface area contributed by atoms with Gasteiger partial charge < -0.3 is 15.5 Å². The molecule has 0 bridgehead atoms. The number of nitrogens with one attached hydrogen (secondary N) is 1. The SMILES string of the molecule is CC1CCC(C(C)C)[C@@](O)(C(=O)NCC(=O)c2cccc(O)c2)C1. The monoisotopic (exact) mass is 333 g/mol. The molecule has 3 N–H and O–H groups in total. The number of aromatic hydroxyl groups is 1. The lowest BCUT2D eigenvalue weighted by atomic mass is 9.66. The molecule has 1 aromatic rings. The van der Waals surface area contributed by atoms with Crippen LogP contribution in [0.25, 0.3) is 0 Å². The van der Waals surface area contributed by atoms with E-state index in [0.29, 0.717) is 12.0 Å². The van der Waals surface area contributed by atoms with Crippen LogP contribution in [0.2, 0.25) is 0 Å². The minimum Gasteiger partial charge on any atom is -0.508 e. The summed E-state index contributed by atoms with van der Waals surface area (Å²) in [5, 5.41) is 23.0. The van der Waals surface area contributed by atoms with Crippen molar-refractivity contribution in [1.29, 1.82) is 0 Å². The first-order chi connectivity index (χ1) is 11.2. The molecule has 3 atom stereocenters. The molecule has 5 nitrogen and oxygen atoms in total. The summed E-state index contributed by atoms with van der Waals surface area (Å²) in [6, 6.07) is 6.01. The molecule has 1 saturated carbocycles. The highest BCUT2D eigenvalue weighted by Gasteiger charge is 2.48. The Labute approximate surface area is 143 Å². The van der Waals surface area contributed by atoms with Gasteiger partial charge in [0.05, 0.1) is 6.54 Å². The third-order valence-electron chi connectivity index (χ3n) is 5.02. The summed E-state index contributed by atoms with van der Waals surface area (Å²) in [6.07, 6.45) is 2.23. The van der Waals surface area contributed by atoms with E-state index < -0.39 is 11.5 Å². The topological polar surface area (TPSA) is 86.6 Å². The van der Waals surface area contributed by atoms with Crippen LogP contribution in [0, 0.1) is 17.8 Å². The predicted molar refractivity (Wildman–Crippen MR) is 91.7 cm³/mol. The van der Waals surface area contributed by atoms with Gasteiger partial charge in [0.2, 0.25) is 0 Å². The summed E-state index contributed by atoms with van der Waals surface area (Å²) in [6.45, 7) is 5.87. The van der Waals surface area contributed by atoms with Gasteiger partial charge in [-0.05, 0) is 42.7 Å². The zero-order valence-electron chi connectivity index (χ0n) is 14.6. The van der Waals surface area contributed by atoms with Crippen LogP contribution in [0.5, 0.6) is 5.75 Å². The van der Waals surface area contributed by atoms with Gasteiger partial charge in [-0.3, -0.25) is 9.59 Å². The van der Waals surface area contributed by atoms with Gasteiger partial charge in [0.1, 0.15) is 11.4 Å². The van der Waals surface area contributed by atoms with E-state index in [0.717, 1.165) is 12.8 Å². The second-order valence-corrected chi connectivity index (χ2v) is 7.32. The number of carbonyl (C=O) groups excluding carboxylic acids is 2. The van der Waals surface area contributed by atoms with Crippen molar-refractivity contribution in [2.45, 2.75) is 45.6 Å². The lowest BCUT2D eigenvalue weighted by Crippen LogP contribution is -2.56. The second-order valence-electron chi connectivity index (χ2n) is 7.32. The summed E-state index contributed by atoms with van der Waals surface area (Å²) in [7, 11) is 0. The Bertz CT molecular complexity index is 613. The van der Waals surface area contributed by atoms with Crippen molar-refractivity contribution < 1.29 is 19.8 Å². The van der Waals surface area contributed by atoms with E-state index in [2.05, 4.69) is 5.32 Å². The molecule has 0 saturated heterocycles. The zero-order chi connectivity index (χ0) is 17.9. The number of phenolic OH excluding ortho intramolecular Hbond substituents is 1.